The lowest BCUT2D eigenvalue weighted by atomic mass is 9.94. The predicted octanol–water partition coefficient (Wildman–Crippen LogP) is 2.98. The van der Waals surface area contributed by atoms with Gasteiger partial charge in [0, 0.05) is 25.6 Å². The van der Waals surface area contributed by atoms with E-state index in [1.54, 1.807) is 0 Å². The van der Waals surface area contributed by atoms with E-state index in [2.05, 4.69) is 32.0 Å². The summed E-state index contributed by atoms with van der Waals surface area (Å²) in [6.07, 6.45) is 1.56. The summed E-state index contributed by atoms with van der Waals surface area (Å²) in [6.45, 7) is 7.81. The maximum Gasteiger partial charge on any atom is 0.223 e. The summed E-state index contributed by atoms with van der Waals surface area (Å²) in [5.74, 6) is 0.686. The third-order valence-corrected chi connectivity index (χ3v) is 3.87. The van der Waals surface area contributed by atoms with Gasteiger partial charge < -0.3 is 10.6 Å². The van der Waals surface area contributed by atoms with Gasteiger partial charge in [0.25, 0.3) is 0 Å². The molecule has 1 atom stereocenters. The van der Waals surface area contributed by atoms with E-state index in [9.17, 15) is 4.79 Å². The van der Waals surface area contributed by atoms with Crippen LogP contribution in [0.25, 0.3) is 0 Å². The largest absolute Gasteiger partial charge is 0.334 e. The molecule has 1 aromatic carbocycles. The molecule has 0 saturated heterocycles. The summed E-state index contributed by atoms with van der Waals surface area (Å²) < 4.78 is 0. The van der Waals surface area contributed by atoms with Crippen LogP contribution in [0.2, 0.25) is 0 Å². The summed E-state index contributed by atoms with van der Waals surface area (Å²) >= 11 is 0. The van der Waals surface area contributed by atoms with E-state index in [1.807, 2.05) is 11.8 Å². The molecule has 0 fully saturated rings. The molecule has 3 nitrogen and oxygen atoms in total. The Balaban J connectivity index is 2.14. The molecule has 1 unspecified atom stereocenters. The summed E-state index contributed by atoms with van der Waals surface area (Å²) in [6, 6.07) is 6.49. The van der Waals surface area contributed by atoms with Gasteiger partial charge in [-0.3, -0.25) is 4.79 Å². The van der Waals surface area contributed by atoms with Crippen LogP contribution in [-0.4, -0.2) is 10.8 Å². The molecule has 2 N–H and O–H groups in total. The van der Waals surface area contributed by atoms with Crippen molar-refractivity contribution in [1.82, 2.24) is 4.90 Å². The summed E-state index contributed by atoms with van der Waals surface area (Å²) in [5.41, 5.74) is 9.90. The highest BCUT2D eigenvalue weighted by Crippen LogP contribution is 2.28. The monoisotopic (exact) mass is 260 g/mol. The van der Waals surface area contributed by atoms with E-state index >= 15 is 0 Å². The Hall–Kier alpha value is -1.35. The molecule has 104 valence electrons. The molecule has 1 aliphatic heterocycles. The Morgan fingerprint density at radius 1 is 1.32 bits per heavy atom. The molecular formula is C16H24N2O. The second-order valence-corrected chi connectivity index (χ2v) is 5.80. The molecule has 0 bridgehead atoms. The highest BCUT2D eigenvalue weighted by Gasteiger charge is 2.23. The number of hydrogen-bond acceptors (Lipinski definition) is 2. The molecule has 1 aromatic rings. The van der Waals surface area contributed by atoms with Gasteiger partial charge >= 0.3 is 0 Å². The van der Waals surface area contributed by atoms with Gasteiger partial charge in [0.05, 0.1) is 0 Å². The third-order valence-electron chi connectivity index (χ3n) is 3.87. The first-order valence-electron chi connectivity index (χ1n) is 7.18. The number of nitrogens with two attached hydrogens (primary N) is 1. The average Bonchev–Trinajstić information content (AvgIpc) is 2.80. The molecule has 0 aliphatic carbocycles. The highest BCUT2D eigenvalue weighted by molar-refractivity contribution is 5.76. The van der Waals surface area contributed by atoms with Gasteiger partial charge in [-0.2, -0.15) is 0 Å². The Labute approximate surface area is 115 Å². The van der Waals surface area contributed by atoms with Crippen molar-refractivity contribution in [3.05, 3.63) is 34.9 Å². The van der Waals surface area contributed by atoms with Crippen LogP contribution in [0.4, 0.5) is 0 Å². The van der Waals surface area contributed by atoms with Crippen molar-refractivity contribution >= 4 is 5.91 Å². The van der Waals surface area contributed by atoms with Crippen LogP contribution in [0.3, 0.4) is 0 Å². The minimum atomic E-state index is 0.0747. The molecule has 0 aromatic heterocycles. The number of benzene rings is 1. The zero-order chi connectivity index (χ0) is 14.0. The first kappa shape index (κ1) is 14.1. The first-order chi connectivity index (χ1) is 9.02. The quantitative estimate of drug-likeness (QED) is 0.904. The molecule has 3 heteroatoms. The van der Waals surface area contributed by atoms with Gasteiger partial charge in [0.15, 0.2) is 0 Å². The lowest BCUT2D eigenvalue weighted by molar-refractivity contribution is -0.131. The zero-order valence-electron chi connectivity index (χ0n) is 12.1. The number of hydrogen-bond donors (Lipinski definition) is 1. The molecule has 0 radical (unpaired) electrons. The van der Waals surface area contributed by atoms with Crippen molar-refractivity contribution in [2.24, 2.45) is 11.7 Å². The van der Waals surface area contributed by atoms with Crippen LogP contribution in [0.1, 0.15) is 56.3 Å². The average molecular weight is 260 g/mol. The smallest absolute Gasteiger partial charge is 0.223 e. The van der Waals surface area contributed by atoms with E-state index < -0.39 is 0 Å². The Bertz CT molecular complexity index is 468. The zero-order valence-corrected chi connectivity index (χ0v) is 12.1. The fraction of sp³-hybridized carbons (Fsp3) is 0.562. The van der Waals surface area contributed by atoms with Gasteiger partial charge in [-0.15, -0.1) is 0 Å². The van der Waals surface area contributed by atoms with Crippen LogP contribution >= 0.6 is 0 Å². The van der Waals surface area contributed by atoms with Crippen LogP contribution in [0, 0.1) is 5.92 Å². The lowest BCUT2D eigenvalue weighted by Crippen LogP contribution is -2.24. The number of nitrogens with zero attached hydrogens (tertiary/aromatic N) is 1. The van der Waals surface area contributed by atoms with Gasteiger partial charge in [-0.25, -0.2) is 0 Å². The predicted molar refractivity (Wildman–Crippen MR) is 77.4 cm³/mol. The maximum atomic E-state index is 11.9. The Kier molecular flexibility index (Phi) is 4.25. The van der Waals surface area contributed by atoms with Crippen LogP contribution in [-0.2, 0) is 17.9 Å². The summed E-state index contributed by atoms with van der Waals surface area (Å²) in [7, 11) is 0. The van der Waals surface area contributed by atoms with E-state index in [4.69, 9.17) is 5.73 Å². The van der Waals surface area contributed by atoms with Crippen molar-refractivity contribution in [1.29, 1.82) is 0 Å². The van der Waals surface area contributed by atoms with Crippen molar-refractivity contribution in [2.75, 3.05) is 0 Å². The Morgan fingerprint density at radius 2 is 2.00 bits per heavy atom. The summed E-state index contributed by atoms with van der Waals surface area (Å²) in [5, 5.41) is 0. The normalized spacial score (nSPS) is 15.7. The number of fused-ring (bicyclic) bond motifs is 1. The Morgan fingerprint density at radius 3 is 2.63 bits per heavy atom. The van der Waals surface area contributed by atoms with E-state index in [1.165, 1.54) is 16.7 Å². The minimum absolute atomic E-state index is 0.0747. The SMILES string of the molecule is CCCC(=O)N1Cc2ccc(C(N)C(C)C)cc2C1. The van der Waals surface area contributed by atoms with Crippen molar-refractivity contribution in [3.8, 4) is 0 Å². The van der Waals surface area contributed by atoms with E-state index in [0.29, 0.717) is 12.3 Å². The second-order valence-electron chi connectivity index (χ2n) is 5.80. The molecule has 0 spiro atoms. The van der Waals surface area contributed by atoms with Crippen molar-refractivity contribution in [3.63, 3.8) is 0 Å². The first-order valence-corrected chi connectivity index (χ1v) is 7.18. The van der Waals surface area contributed by atoms with Crippen LogP contribution < -0.4 is 5.73 Å². The van der Waals surface area contributed by atoms with Crippen molar-refractivity contribution in [2.45, 2.75) is 52.7 Å². The summed E-state index contributed by atoms with van der Waals surface area (Å²) in [4.78, 5) is 13.9. The third kappa shape index (κ3) is 2.98. The lowest BCUT2D eigenvalue weighted by Gasteiger charge is -2.16. The molecule has 0 saturated carbocycles. The second kappa shape index (κ2) is 5.74. The van der Waals surface area contributed by atoms with Crippen LogP contribution in [0.15, 0.2) is 18.2 Å². The molecule has 1 amide bonds. The molecule has 1 aliphatic rings. The number of rotatable bonds is 4. The minimum Gasteiger partial charge on any atom is -0.334 e. The van der Waals surface area contributed by atoms with Gasteiger partial charge in [0.2, 0.25) is 5.91 Å². The topological polar surface area (TPSA) is 46.3 Å². The molecule has 19 heavy (non-hydrogen) atoms. The fourth-order valence-electron chi connectivity index (χ4n) is 2.56. The highest BCUT2D eigenvalue weighted by atomic mass is 16.2. The standard InChI is InChI=1S/C16H24N2O/c1-4-5-15(19)18-9-13-7-6-12(8-14(13)10-18)16(17)11(2)3/h6-8,11,16H,4-5,9-10,17H2,1-3H3. The van der Waals surface area contributed by atoms with Gasteiger partial charge in [-0.1, -0.05) is 39.0 Å². The number of amides is 1. The van der Waals surface area contributed by atoms with Gasteiger partial charge in [0.1, 0.15) is 0 Å². The molecular weight excluding hydrogens is 236 g/mol. The molecule has 2 rings (SSSR count). The van der Waals surface area contributed by atoms with Gasteiger partial charge in [-0.05, 0) is 29.0 Å². The van der Waals surface area contributed by atoms with Crippen LogP contribution in [0.5, 0.6) is 0 Å². The van der Waals surface area contributed by atoms with E-state index in [0.717, 1.165) is 19.5 Å². The van der Waals surface area contributed by atoms with E-state index in [-0.39, 0.29) is 11.9 Å². The maximum absolute atomic E-state index is 11.9. The number of carbonyl (C=O) groups is 1. The fourth-order valence-corrected chi connectivity index (χ4v) is 2.56. The number of carbonyl (C=O) groups excluding carboxylic acids is 1. The van der Waals surface area contributed by atoms with Crippen molar-refractivity contribution < 1.29 is 4.79 Å². The molecule has 1 heterocycles.